The zero-order chi connectivity index (χ0) is 14.7. The predicted molar refractivity (Wildman–Crippen MR) is 83.6 cm³/mol. The Kier molecular flexibility index (Phi) is 4.78. The second-order valence-electron chi connectivity index (χ2n) is 6.43. The molecule has 1 aromatic rings. The van der Waals surface area contributed by atoms with Gasteiger partial charge in [-0.05, 0) is 56.5 Å². The summed E-state index contributed by atoms with van der Waals surface area (Å²) in [6, 6.07) is 8.48. The van der Waals surface area contributed by atoms with Crippen LogP contribution in [0.2, 0.25) is 0 Å². The van der Waals surface area contributed by atoms with Crippen molar-refractivity contribution in [3.05, 3.63) is 29.8 Å². The molecule has 4 nitrogen and oxygen atoms in total. The van der Waals surface area contributed by atoms with Gasteiger partial charge in [0.25, 0.3) is 0 Å². The molecule has 3 saturated heterocycles. The van der Waals surface area contributed by atoms with Crippen LogP contribution >= 0.6 is 0 Å². The highest BCUT2D eigenvalue weighted by Crippen LogP contribution is 2.27. The Balaban J connectivity index is 1.39. The van der Waals surface area contributed by atoms with Crippen molar-refractivity contribution in [1.82, 2.24) is 10.2 Å². The summed E-state index contributed by atoms with van der Waals surface area (Å²) in [5.41, 5.74) is 1.17. The molecule has 21 heavy (non-hydrogen) atoms. The van der Waals surface area contributed by atoms with E-state index in [2.05, 4.69) is 10.2 Å². The Hall–Kier alpha value is -1.10. The van der Waals surface area contributed by atoms with Gasteiger partial charge in [0.05, 0.1) is 0 Å². The van der Waals surface area contributed by atoms with Crippen LogP contribution in [0, 0.1) is 12.8 Å². The fraction of sp³-hybridized carbons (Fsp3) is 0.647. The smallest absolute Gasteiger partial charge is 0.119 e. The van der Waals surface area contributed by atoms with Crippen LogP contribution in [0.4, 0.5) is 0 Å². The second kappa shape index (κ2) is 6.77. The van der Waals surface area contributed by atoms with Crippen molar-refractivity contribution in [2.24, 2.45) is 5.92 Å². The van der Waals surface area contributed by atoms with Crippen LogP contribution in [-0.2, 0) is 0 Å². The van der Waals surface area contributed by atoms with E-state index in [4.69, 9.17) is 4.74 Å². The van der Waals surface area contributed by atoms with Crippen LogP contribution in [0.25, 0.3) is 0 Å². The molecule has 2 N–H and O–H groups in total. The first kappa shape index (κ1) is 14.8. The lowest BCUT2D eigenvalue weighted by molar-refractivity contribution is 0.0551. The number of hydrogen-bond donors (Lipinski definition) is 2. The van der Waals surface area contributed by atoms with Gasteiger partial charge in [0.15, 0.2) is 0 Å². The number of aliphatic hydroxyl groups is 1. The molecule has 0 aromatic heterocycles. The predicted octanol–water partition coefficient (Wildman–Crippen LogP) is 1.42. The molecule has 2 atom stereocenters. The van der Waals surface area contributed by atoms with Gasteiger partial charge in [0.1, 0.15) is 18.5 Å². The molecule has 1 aromatic carbocycles. The van der Waals surface area contributed by atoms with Gasteiger partial charge in [-0.1, -0.05) is 12.1 Å². The summed E-state index contributed by atoms with van der Waals surface area (Å²) in [6.07, 6.45) is 2.14. The van der Waals surface area contributed by atoms with Crippen molar-refractivity contribution >= 4 is 0 Å². The van der Waals surface area contributed by atoms with Gasteiger partial charge in [-0.3, -0.25) is 0 Å². The summed E-state index contributed by atoms with van der Waals surface area (Å²) >= 11 is 0. The van der Waals surface area contributed by atoms with E-state index >= 15 is 0 Å². The van der Waals surface area contributed by atoms with Crippen LogP contribution < -0.4 is 10.1 Å². The molecule has 4 heteroatoms. The van der Waals surface area contributed by atoms with E-state index < -0.39 is 6.10 Å². The SMILES string of the molecule is Cc1cccc(OCC(O)CNC2CN3CCC2CC3)c1. The van der Waals surface area contributed by atoms with Crippen LogP contribution in [0.1, 0.15) is 18.4 Å². The number of fused-ring (bicyclic) bond motifs is 3. The quantitative estimate of drug-likeness (QED) is 0.832. The van der Waals surface area contributed by atoms with E-state index in [1.165, 1.54) is 31.5 Å². The number of piperidine rings is 3. The maximum absolute atomic E-state index is 10.1. The molecular formula is C17H26N2O2. The third-order valence-corrected chi connectivity index (χ3v) is 4.70. The lowest BCUT2D eigenvalue weighted by atomic mass is 9.84. The minimum atomic E-state index is -0.457. The first-order valence-electron chi connectivity index (χ1n) is 8.04. The average molecular weight is 290 g/mol. The third-order valence-electron chi connectivity index (χ3n) is 4.70. The molecule has 3 aliphatic rings. The summed E-state index contributed by atoms with van der Waals surface area (Å²) in [5.74, 6) is 1.62. The largest absolute Gasteiger partial charge is 0.491 e. The topological polar surface area (TPSA) is 44.7 Å². The minimum Gasteiger partial charge on any atom is -0.491 e. The van der Waals surface area contributed by atoms with E-state index in [0.717, 1.165) is 18.2 Å². The first-order valence-corrected chi connectivity index (χ1v) is 8.04. The molecule has 2 unspecified atom stereocenters. The Morgan fingerprint density at radius 1 is 1.38 bits per heavy atom. The summed E-state index contributed by atoms with van der Waals surface area (Å²) in [7, 11) is 0. The van der Waals surface area contributed by atoms with Crippen molar-refractivity contribution in [1.29, 1.82) is 0 Å². The van der Waals surface area contributed by atoms with Gasteiger partial charge >= 0.3 is 0 Å². The summed E-state index contributed by atoms with van der Waals surface area (Å²) in [5, 5.41) is 13.6. The Morgan fingerprint density at radius 2 is 2.19 bits per heavy atom. The first-order chi connectivity index (χ1) is 10.2. The molecular weight excluding hydrogens is 264 g/mol. The normalized spacial score (nSPS) is 29.3. The fourth-order valence-corrected chi connectivity index (χ4v) is 3.44. The minimum absolute atomic E-state index is 0.345. The molecule has 0 amide bonds. The number of benzene rings is 1. The van der Waals surface area contributed by atoms with Crippen LogP contribution in [0.15, 0.2) is 24.3 Å². The highest BCUT2D eigenvalue weighted by molar-refractivity contribution is 5.27. The maximum atomic E-state index is 10.1. The molecule has 0 saturated carbocycles. The highest BCUT2D eigenvalue weighted by Gasteiger charge is 2.33. The third kappa shape index (κ3) is 3.96. The van der Waals surface area contributed by atoms with Crippen molar-refractivity contribution in [3.8, 4) is 5.75 Å². The zero-order valence-corrected chi connectivity index (χ0v) is 12.8. The fourth-order valence-electron chi connectivity index (χ4n) is 3.44. The van der Waals surface area contributed by atoms with Crippen molar-refractivity contribution in [3.63, 3.8) is 0 Å². The van der Waals surface area contributed by atoms with E-state index in [1.807, 2.05) is 31.2 Å². The van der Waals surface area contributed by atoms with Crippen LogP contribution in [-0.4, -0.2) is 54.9 Å². The van der Waals surface area contributed by atoms with Crippen molar-refractivity contribution in [2.45, 2.75) is 31.9 Å². The molecule has 116 valence electrons. The summed E-state index contributed by atoms with van der Waals surface area (Å²) < 4.78 is 5.65. The molecule has 3 fully saturated rings. The summed E-state index contributed by atoms with van der Waals surface area (Å²) in [4.78, 5) is 2.52. The number of nitrogens with zero attached hydrogens (tertiary/aromatic N) is 1. The van der Waals surface area contributed by atoms with Gasteiger partial charge < -0.3 is 20.1 Å². The maximum Gasteiger partial charge on any atom is 0.119 e. The molecule has 3 aliphatic heterocycles. The second-order valence-corrected chi connectivity index (χ2v) is 6.43. The molecule has 3 heterocycles. The molecule has 4 rings (SSSR count). The highest BCUT2D eigenvalue weighted by atomic mass is 16.5. The van der Waals surface area contributed by atoms with Crippen molar-refractivity contribution in [2.75, 3.05) is 32.8 Å². The zero-order valence-electron chi connectivity index (χ0n) is 12.8. The van der Waals surface area contributed by atoms with E-state index in [9.17, 15) is 5.11 Å². The Bertz CT molecular complexity index is 458. The molecule has 0 radical (unpaired) electrons. The van der Waals surface area contributed by atoms with Crippen molar-refractivity contribution < 1.29 is 9.84 Å². The number of nitrogens with one attached hydrogen (secondary N) is 1. The molecule has 0 aliphatic carbocycles. The average Bonchev–Trinajstić information content (AvgIpc) is 2.52. The van der Waals surface area contributed by atoms with E-state index in [-0.39, 0.29) is 0 Å². The van der Waals surface area contributed by atoms with Gasteiger partial charge in [0.2, 0.25) is 0 Å². The lowest BCUT2D eigenvalue weighted by Crippen LogP contribution is -2.57. The Morgan fingerprint density at radius 3 is 2.86 bits per heavy atom. The van der Waals surface area contributed by atoms with E-state index in [0.29, 0.717) is 19.2 Å². The van der Waals surface area contributed by atoms with Gasteiger partial charge in [-0.2, -0.15) is 0 Å². The molecule has 2 bridgehead atoms. The monoisotopic (exact) mass is 290 g/mol. The van der Waals surface area contributed by atoms with Crippen LogP contribution in [0.5, 0.6) is 5.75 Å². The Labute approximate surface area is 127 Å². The molecule has 0 spiro atoms. The number of rotatable bonds is 6. The van der Waals surface area contributed by atoms with E-state index in [1.54, 1.807) is 0 Å². The van der Waals surface area contributed by atoms with Gasteiger partial charge in [-0.25, -0.2) is 0 Å². The number of aliphatic hydroxyl groups excluding tert-OH is 1. The number of aryl methyl sites for hydroxylation is 1. The van der Waals surface area contributed by atoms with Crippen LogP contribution in [0.3, 0.4) is 0 Å². The number of ether oxygens (including phenoxy) is 1. The lowest BCUT2D eigenvalue weighted by Gasteiger charge is -2.45. The summed E-state index contributed by atoms with van der Waals surface area (Å²) in [6.45, 7) is 6.64. The van der Waals surface area contributed by atoms with Gasteiger partial charge in [-0.15, -0.1) is 0 Å². The van der Waals surface area contributed by atoms with Gasteiger partial charge in [0, 0.05) is 19.1 Å². The number of hydrogen-bond acceptors (Lipinski definition) is 4. The standard InChI is InChI=1S/C17H26N2O2/c1-13-3-2-4-16(9-13)21-12-15(20)10-18-17-11-19-7-5-14(17)6-8-19/h2-4,9,14-15,17-18,20H,5-8,10-12H2,1H3.